The second-order valence-corrected chi connectivity index (χ2v) is 5.47. The molecule has 0 radical (unpaired) electrons. The fourth-order valence-corrected chi connectivity index (χ4v) is 3.05. The molecule has 0 bridgehead atoms. The molecule has 0 saturated carbocycles. The van der Waals surface area contributed by atoms with Gasteiger partial charge >= 0.3 is 0 Å². The summed E-state index contributed by atoms with van der Waals surface area (Å²) in [6.07, 6.45) is 1.89. The van der Waals surface area contributed by atoms with E-state index in [0.717, 1.165) is 18.5 Å². The van der Waals surface area contributed by atoms with Crippen molar-refractivity contribution >= 4 is 17.3 Å². The highest BCUT2D eigenvalue weighted by Crippen LogP contribution is 2.39. The fourth-order valence-electron chi connectivity index (χ4n) is 2.86. The van der Waals surface area contributed by atoms with Gasteiger partial charge in [-0.2, -0.15) is 0 Å². The highest BCUT2D eigenvalue weighted by atomic mass is 35.5. The number of halogens is 1. The third-order valence-corrected chi connectivity index (χ3v) is 4.07. The number of benzene rings is 2. The second-order valence-electron chi connectivity index (χ2n) is 5.03. The Bertz CT molecular complexity index is 599. The van der Waals surface area contributed by atoms with Crippen LogP contribution in [0.2, 0.25) is 5.02 Å². The zero-order valence-corrected chi connectivity index (χ0v) is 11.3. The number of fused-ring (bicyclic) bond motifs is 1. The lowest BCUT2D eigenvalue weighted by molar-refractivity contribution is 0.212. The van der Waals surface area contributed by atoms with E-state index in [0.29, 0.717) is 5.02 Å². The molecule has 0 heterocycles. The highest BCUT2D eigenvalue weighted by Gasteiger charge is 2.37. The SMILES string of the molecule is OCC1(Nc2cccc(Cl)c2)CCc2ccccc21. The first kappa shape index (κ1) is 12.5. The molecule has 2 N–H and O–H groups in total. The van der Waals surface area contributed by atoms with E-state index in [4.69, 9.17) is 11.6 Å². The van der Waals surface area contributed by atoms with Gasteiger partial charge in [-0.25, -0.2) is 0 Å². The van der Waals surface area contributed by atoms with Crippen LogP contribution in [-0.4, -0.2) is 11.7 Å². The molecule has 2 aromatic rings. The smallest absolute Gasteiger partial charge is 0.0862 e. The van der Waals surface area contributed by atoms with E-state index in [1.807, 2.05) is 36.4 Å². The van der Waals surface area contributed by atoms with Crippen molar-refractivity contribution in [1.29, 1.82) is 0 Å². The van der Waals surface area contributed by atoms with Crippen molar-refractivity contribution in [2.24, 2.45) is 0 Å². The standard InChI is InChI=1S/C16H16ClNO/c17-13-5-3-6-14(10-13)18-16(11-19)9-8-12-4-1-2-7-15(12)16/h1-7,10,18-19H,8-9,11H2. The van der Waals surface area contributed by atoms with Crippen molar-refractivity contribution in [2.45, 2.75) is 18.4 Å². The summed E-state index contributed by atoms with van der Waals surface area (Å²) in [7, 11) is 0. The summed E-state index contributed by atoms with van der Waals surface area (Å²) >= 11 is 6.02. The maximum Gasteiger partial charge on any atom is 0.0862 e. The summed E-state index contributed by atoms with van der Waals surface area (Å²) in [6, 6.07) is 15.9. The number of aliphatic hydroxyl groups is 1. The highest BCUT2D eigenvalue weighted by molar-refractivity contribution is 6.30. The molecule has 1 atom stereocenters. The summed E-state index contributed by atoms with van der Waals surface area (Å²) < 4.78 is 0. The van der Waals surface area contributed by atoms with E-state index in [1.165, 1.54) is 11.1 Å². The predicted octanol–water partition coefficient (Wildman–Crippen LogP) is 3.59. The van der Waals surface area contributed by atoms with Crippen LogP contribution in [0.15, 0.2) is 48.5 Å². The van der Waals surface area contributed by atoms with Crippen LogP contribution < -0.4 is 5.32 Å². The molecule has 0 aromatic heterocycles. The molecular weight excluding hydrogens is 258 g/mol. The van der Waals surface area contributed by atoms with Crippen LogP contribution in [0.1, 0.15) is 17.5 Å². The Kier molecular flexibility index (Phi) is 3.21. The van der Waals surface area contributed by atoms with Gasteiger partial charge in [0.15, 0.2) is 0 Å². The summed E-state index contributed by atoms with van der Waals surface area (Å²) in [5, 5.41) is 14.1. The lowest BCUT2D eigenvalue weighted by atomic mass is 9.92. The third kappa shape index (κ3) is 2.22. The molecule has 0 fully saturated rings. The van der Waals surface area contributed by atoms with Crippen molar-refractivity contribution in [1.82, 2.24) is 0 Å². The molecule has 1 aliphatic carbocycles. The van der Waals surface area contributed by atoms with E-state index in [2.05, 4.69) is 17.4 Å². The Morgan fingerprint density at radius 1 is 1.16 bits per heavy atom. The Morgan fingerprint density at radius 3 is 2.79 bits per heavy atom. The van der Waals surface area contributed by atoms with E-state index in [-0.39, 0.29) is 12.1 Å². The van der Waals surface area contributed by atoms with Gasteiger partial charge < -0.3 is 10.4 Å². The molecule has 19 heavy (non-hydrogen) atoms. The van der Waals surface area contributed by atoms with Crippen molar-refractivity contribution < 1.29 is 5.11 Å². The number of rotatable bonds is 3. The molecule has 3 rings (SSSR count). The Labute approximate surface area is 118 Å². The van der Waals surface area contributed by atoms with Crippen LogP contribution in [0, 0.1) is 0 Å². The molecule has 2 aromatic carbocycles. The van der Waals surface area contributed by atoms with E-state index in [9.17, 15) is 5.11 Å². The summed E-state index contributed by atoms with van der Waals surface area (Å²) in [5.41, 5.74) is 3.06. The molecular formula is C16H16ClNO. The second kappa shape index (κ2) is 4.87. The summed E-state index contributed by atoms with van der Waals surface area (Å²) in [6.45, 7) is 0.0799. The molecule has 1 unspecified atom stereocenters. The first-order chi connectivity index (χ1) is 9.23. The van der Waals surface area contributed by atoms with E-state index in [1.54, 1.807) is 0 Å². The number of hydrogen-bond acceptors (Lipinski definition) is 2. The average molecular weight is 274 g/mol. The minimum absolute atomic E-state index is 0.0799. The average Bonchev–Trinajstić information content (AvgIpc) is 2.79. The molecule has 3 heteroatoms. The first-order valence-corrected chi connectivity index (χ1v) is 6.84. The maximum atomic E-state index is 9.90. The molecule has 2 nitrogen and oxygen atoms in total. The fraction of sp³-hybridized carbons (Fsp3) is 0.250. The van der Waals surface area contributed by atoms with Gasteiger partial charge in [-0.3, -0.25) is 0 Å². The van der Waals surface area contributed by atoms with Crippen LogP contribution in [0.25, 0.3) is 0 Å². The van der Waals surface area contributed by atoms with Crippen LogP contribution in [-0.2, 0) is 12.0 Å². The van der Waals surface area contributed by atoms with Gasteiger partial charge in [0.05, 0.1) is 12.1 Å². The molecule has 0 amide bonds. The van der Waals surface area contributed by atoms with Crippen LogP contribution in [0.4, 0.5) is 5.69 Å². The van der Waals surface area contributed by atoms with Gasteiger partial charge in [-0.05, 0) is 42.2 Å². The lowest BCUT2D eigenvalue weighted by Crippen LogP contribution is -2.36. The van der Waals surface area contributed by atoms with E-state index >= 15 is 0 Å². The number of nitrogens with one attached hydrogen (secondary N) is 1. The largest absolute Gasteiger partial charge is 0.394 e. The third-order valence-electron chi connectivity index (χ3n) is 3.83. The maximum absolute atomic E-state index is 9.90. The summed E-state index contributed by atoms with van der Waals surface area (Å²) in [4.78, 5) is 0. The van der Waals surface area contributed by atoms with Crippen LogP contribution in [0.5, 0.6) is 0 Å². The number of aliphatic hydroxyl groups excluding tert-OH is 1. The Hall–Kier alpha value is -1.51. The molecule has 0 spiro atoms. The molecule has 98 valence electrons. The van der Waals surface area contributed by atoms with Gasteiger partial charge in [0.1, 0.15) is 0 Å². The van der Waals surface area contributed by atoms with Gasteiger partial charge in [0, 0.05) is 10.7 Å². The monoisotopic (exact) mass is 273 g/mol. The number of anilines is 1. The number of aryl methyl sites for hydroxylation is 1. The van der Waals surface area contributed by atoms with E-state index < -0.39 is 0 Å². The van der Waals surface area contributed by atoms with Crippen molar-refractivity contribution in [3.63, 3.8) is 0 Å². The van der Waals surface area contributed by atoms with Gasteiger partial charge in [0.2, 0.25) is 0 Å². The quantitative estimate of drug-likeness (QED) is 0.896. The van der Waals surface area contributed by atoms with Crippen molar-refractivity contribution in [3.8, 4) is 0 Å². The molecule has 0 aliphatic heterocycles. The zero-order valence-electron chi connectivity index (χ0n) is 10.6. The predicted molar refractivity (Wildman–Crippen MR) is 78.6 cm³/mol. The Morgan fingerprint density at radius 2 is 2.00 bits per heavy atom. The van der Waals surface area contributed by atoms with Crippen LogP contribution in [0.3, 0.4) is 0 Å². The van der Waals surface area contributed by atoms with Gasteiger partial charge in [-0.15, -0.1) is 0 Å². The first-order valence-electron chi connectivity index (χ1n) is 6.46. The minimum atomic E-state index is -0.388. The van der Waals surface area contributed by atoms with Gasteiger partial charge in [0.25, 0.3) is 0 Å². The number of hydrogen-bond donors (Lipinski definition) is 2. The van der Waals surface area contributed by atoms with Crippen molar-refractivity contribution in [3.05, 3.63) is 64.7 Å². The topological polar surface area (TPSA) is 32.3 Å². The summed E-state index contributed by atoms with van der Waals surface area (Å²) in [5.74, 6) is 0. The van der Waals surface area contributed by atoms with Gasteiger partial charge in [-0.1, -0.05) is 41.9 Å². The normalized spacial score (nSPS) is 21.2. The minimum Gasteiger partial charge on any atom is -0.394 e. The lowest BCUT2D eigenvalue weighted by Gasteiger charge is -2.31. The molecule has 0 saturated heterocycles. The molecule has 1 aliphatic rings. The van der Waals surface area contributed by atoms with Crippen LogP contribution >= 0.6 is 11.6 Å². The van der Waals surface area contributed by atoms with Crippen molar-refractivity contribution in [2.75, 3.05) is 11.9 Å². The Balaban J connectivity index is 1.98. The zero-order chi connectivity index (χ0) is 13.3.